The van der Waals surface area contributed by atoms with Gasteiger partial charge in [-0.2, -0.15) is 18.3 Å². The predicted octanol–water partition coefficient (Wildman–Crippen LogP) is 3.76. The molecule has 1 heterocycles. The number of halogens is 3. The first kappa shape index (κ1) is 24.2. The van der Waals surface area contributed by atoms with Gasteiger partial charge in [0, 0.05) is 31.4 Å². The molecule has 0 aliphatic carbocycles. The van der Waals surface area contributed by atoms with Crippen molar-refractivity contribution < 1.29 is 18.0 Å². The molecule has 0 aliphatic rings. The lowest BCUT2D eigenvalue weighted by atomic mass is 10.1. The van der Waals surface area contributed by atoms with E-state index in [4.69, 9.17) is 0 Å². The lowest BCUT2D eigenvalue weighted by molar-refractivity contribution is -0.137. The first-order valence-corrected chi connectivity index (χ1v) is 10.3. The highest BCUT2D eigenvalue weighted by Crippen LogP contribution is 2.33. The zero-order chi connectivity index (χ0) is 24.2. The lowest BCUT2D eigenvalue weighted by Gasteiger charge is -2.24. The number of hydrogen-bond donors (Lipinski definition) is 0. The molecule has 6 nitrogen and oxygen atoms in total. The minimum atomic E-state index is -4.62. The minimum Gasteiger partial charge on any atom is -0.332 e. The normalized spacial score (nSPS) is 11.6. The Hall–Kier alpha value is -3.46. The second kappa shape index (κ2) is 9.99. The third-order valence-corrected chi connectivity index (χ3v) is 5.07. The van der Waals surface area contributed by atoms with Crippen LogP contribution in [-0.4, -0.2) is 52.7 Å². The van der Waals surface area contributed by atoms with Gasteiger partial charge in [0.15, 0.2) is 5.69 Å². The van der Waals surface area contributed by atoms with Gasteiger partial charge in [-0.25, -0.2) is 4.68 Å². The van der Waals surface area contributed by atoms with Crippen LogP contribution in [0.25, 0.3) is 5.69 Å². The van der Waals surface area contributed by atoms with Crippen LogP contribution >= 0.6 is 0 Å². The van der Waals surface area contributed by atoms with Crippen molar-refractivity contribution in [3.8, 4) is 5.69 Å². The number of para-hydroxylation sites is 1. The van der Waals surface area contributed by atoms with Gasteiger partial charge in [0.2, 0.25) is 5.43 Å². The quantitative estimate of drug-likeness (QED) is 0.541. The van der Waals surface area contributed by atoms with E-state index < -0.39 is 28.8 Å². The Labute approximate surface area is 189 Å². The van der Waals surface area contributed by atoms with Crippen molar-refractivity contribution in [1.29, 1.82) is 0 Å². The summed E-state index contributed by atoms with van der Waals surface area (Å²) in [7, 11) is 3.71. The number of carbonyl (C=O) groups is 1. The molecule has 0 spiro atoms. The van der Waals surface area contributed by atoms with E-state index in [9.17, 15) is 22.8 Å². The van der Waals surface area contributed by atoms with Crippen LogP contribution < -0.4 is 5.43 Å². The molecule has 3 rings (SSSR count). The summed E-state index contributed by atoms with van der Waals surface area (Å²) in [4.78, 5) is 29.4. The second-order valence-corrected chi connectivity index (χ2v) is 7.94. The van der Waals surface area contributed by atoms with E-state index in [1.165, 1.54) is 30.0 Å². The third-order valence-electron chi connectivity index (χ3n) is 5.07. The number of aromatic nitrogens is 2. The van der Waals surface area contributed by atoms with Crippen LogP contribution in [0.15, 0.2) is 65.5 Å². The fourth-order valence-electron chi connectivity index (χ4n) is 3.36. The molecule has 0 aliphatic heterocycles. The molecule has 0 fully saturated rings. The van der Waals surface area contributed by atoms with Crippen LogP contribution in [0.4, 0.5) is 13.2 Å². The van der Waals surface area contributed by atoms with Crippen LogP contribution in [0.5, 0.6) is 0 Å². The summed E-state index contributed by atoms with van der Waals surface area (Å²) in [5, 5.41) is 4.11. The Bertz CT molecular complexity index is 1170. The number of nitrogens with zero attached hydrogens (tertiary/aromatic N) is 4. The summed E-state index contributed by atoms with van der Waals surface area (Å²) in [5.41, 5.74) is -1.17. The maximum absolute atomic E-state index is 13.6. The molecule has 0 saturated carbocycles. The molecular formula is C24H25F3N4O2. The largest absolute Gasteiger partial charge is 0.418 e. The zero-order valence-corrected chi connectivity index (χ0v) is 18.6. The van der Waals surface area contributed by atoms with Crippen LogP contribution in [0.1, 0.15) is 27.3 Å². The average Bonchev–Trinajstić information content (AvgIpc) is 2.76. The Morgan fingerprint density at radius 2 is 1.64 bits per heavy atom. The summed E-state index contributed by atoms with van der Waals surface area (Å²) in [6, 6.07) is 15.3. The summed E-state index contributed by atoms with van der Waals surface area (Å²) in [6.07, 6.45) is -4.62. The molecule has 0 unspecified atom stereocenters. The molecule has 9 heteroatoms. The minimum absolute atomic E-state index is 0.191. The summed E-state index contributed by atoms with van der Waals surface area (Å²) in [5.74, 6) is -0.635. The van der Waals surface area contributed by atoms with Gasteiger partial charge in [-0.1, -0.05) is 42.5 Å². The highest BCUT2D eigenvalue weighted by Gasteiger charge is 2.34. The van der Waals surface area contributed by atoms with E-state index >= 15 is 0 Å². The van der Waals surface area contributed by atoms with Gasteiger partial charge in [0.05, 0.1) is 11.3 Å². The number of likely N-dealkylation sites (N-methyl/N-ethyl adjacent to an activating group) is 1. The first-order chi connectivity index (χ1) is 15.6. The topological polar surface area (TPSA) is 58.4 Å². The van der Waals surface area contributed by atoms with Crippen molar-refractivity contribution in [1.82, 2.24) is 19.6 Å². The first-order valence-electron chi connectivity index (χ1n) is 10.3. The van der Waals surface area contributed by atoms with Gasteiger partial charge in [0.25, 0.3) is 5.91 Å². The third kappa shape index (κ3) is 5.87. The maximum Gasteiger partial charge on any atom is 0.418 e. The molecular weight excluding hydrogens is 433 g/mol. The molecule has 33 heavy (non-hydrogen) atoms. The highest BCUT2D eigenvalue weighted by atomic mass is 19.4. The Balaban J connectivity index is 2.06. The van der Waals surface area contributed by atoms with Gasteiger partial charge >= 0.3 is 6.18 Å². The lowest BCUT2D eigenvalue weighted by Crippen LogP contribution is -2.39. The van der Waals surface area contributed by atoms with Crippen LogP contribution in [0.3, 0.4) is 0 Å². The van der Waals surface area contributed by atoms with Crippen LogP contribution in [0.2, 0.25) is 0 Å². The summed E-state index contributed by atoms with van der Waals surface area (Å²) >= 11 is 0. The van der Waals surface area contributed by atoms with Gasteiger partial charge < -0.3 is 9.80 Å². The molecule has 0 bridgehead atoms. The van der Waals surface area contributed by atoms with Crippen molar-refractivity contribution >= 4 is 5.91 Å². The van der Waals surface area contributed by atoms with Crippen molar-refractivity contribution in [2.45, 2.75) is 19.6 Å². The van der Waals surface area contributed by atoms with E-state index in [1.807, 2.05) is 49.3 Å². The second-order valence-electron chi connectivity index (χ2n) is 7.94. The monoisotopic (exact) mass is 458 g/mol. The number of rotatable bonds is 7. The van der Waals surface area contributed by atoms with E-state index in [2.05, 4.69) is 5.10 Å². The van der Waals surface area contributed by atoms with E-state index in [-0.39, 0.29) is 17.9 Å². The standard InChI is InChI=1S/C24H25F3N4O2/c1-17-15-21(32)22(28-31(17)20-12-8-7-11-19(20)24(25,26)27)23(33)30(14-13-29(2)3)16-18-9-5-4-6-10-18/h4-12,15H,13-14,16H2,1-3H3. The predicted molar refractivity (Wildman–Crippen MR) is 119 cm³/mol. The van der Waals surface area contributed by atoms with Gasteiger partial charge in [-0.05, 0) is 38.7 Å². The molecule has 0 N–H and O–H groups in total. The number of hydrogen-bond acceptors (Lipinski definition) is 4. The summed E-state index contributed by atoms with van der Waals surface area (Å²) in [6.45, 7) is 2.57. The van der Waals surface area contributed by atoms with Crippen LogP contribution in [-0.2, 0) is 12.7 Å². The van der Waals surface area contributed by atoms with E-state index in [0.29, 0.717) is 13.1 Å². The molecule has 1 aromatic heterocycles. The van der Waals surface area contributed by atoms with E-state index in [1.54, 1.807) is 0 Å². The number of carbonyl (C=O) groups excluding carboxylic acids is 1. The van der Waals surface area contributed by atoms with Gasteiger partial charge in [-0.15, -0.1) is 0 Å². The van der Waals surface area contributed by atoms with E-state index in [0.717, 1.165) is 22.4 Å². The molecule has 0 saturated heterocycles. The zero-order valence-electron chi connectivity index (χ0n) is 18.6. The number of benzene rings is 2. The number of aryl methyl sites for hydroxylation is 1. The SMILES string of the molecule is Cc1cc(=O)c(C(=O)N(CCN(C)C)Cc2ccccc2)nn1-c1ccccc1C(F)(F)F. The Morgan fingerprint density at radius 1 is 1.00 bits per heavy atom. The molecule has 0 atom stereocenters. The molecule has 3 aromatic rings. The Morgan fingerprint density at radius 3 is 2.27 bits per heavy atom. The summed E-state index contributed by atoms with van der Waals surface area (Å²) < 4.78 is 41.7. The van der Waals surface area contributed by atoms with Crippen molar-refractivity contribution in [2.24, 2.45) is 0 Å². The fourth-order valence-corrected chi connectivity index (χ4v) is 3.36. The van der Waals surface area contributed by atoms with Gasteiger partial charge in [0.1, 0.15) is 0 Å². The van der Waals surface area contributed by atoms with Crippen LogP contribution in [0, 0.1) is 6.92 Å². The smallest absolute Gasteiger partial charge is 0.332 e. The van der Waals surface area contributed by atoms with Crippen molar-refractivity contribution in [3.63, 3.8) is 0 Å². The Kier molecular flexibility index (Phi) is 7.33. The average molecular weight is 458 g/mol. The fraction of sp³-hybridized carbons (Fsp3) is 0.292. The van der Waals surface area contributed by atoms with Crippen molar-refractivity contribution in [3.05, 3.63) is 93.4 Å². The van der Waals surface area contributed by atoms with Gasteiger partial charge in [-0.3, -0.25) is 9.59 Å². The van der Waals surface area contributed by atoms with Crippen molar-refractivity contribution in [2.75, 3.05) is 27.2 Å². The number of amides is 1. The molecule has 2 aromatic carbocycles. The molecule has 174 valence electrons. The molecule has 0 radical (unpaired) electrons. The molecule has 1 amide bonds. The maximum atomic E-state index is 13.6. The highest BCUT2D eigenvalue weighted by molar-refractivity contribution is 5.92. The number of alkyl halides is 3.